The Hall–Kier alpha value is -0.890. The van der Waals surface area contributed by atoms with Gasteiger partial charge in [-0.25, -0.2) is 4.39 Å². The average molecular weight is 221 g/mol. The van der Waals surface area contributed by atoms with Gasteiger partial charge in [-0.15, -0.1) is 0 Å². The van der Waals surface area contributed by atoms with Crippen LogP contribution < -0.4 is 5.73 Å². The molecule has 0 aliphatic heterocycles. The van der Waals surface area contributed by atoms with Crippen molar-refractivity contribution in [2.75, 3.05) is 0 Å². The first-order valence-corrected chi connectivity index (χ1v) is 5.92. The first-order chi connectivity index (χ1) is 7.38. The highest BCUT2D eigenvalue weighted by atomic mass is 19.1. The average Bonchev–Trinajstić information content (AvgIpc) is 2.97. The van der Waals surface area contributed by atoms with E-state index >= 15 is 0 Å². The van der Waals surface area contributed by atoms with E-state index in [0.29, 0.717) is 0 Å². The lowest BCUT2D eigenvalue weighted by atomic mass is 9.82. The monoisotopic (exact) mass is 221 g/mol. The summed E-state index contributed by atoms with van der Waals surface area (Å²) in [4.78, 5) is 0. The predicted octanol–water partition coefficient (Wildman–Crippen LogP) is 3.27. The third-order valence-corrected chi connectivity index (χ3v) is 3.76. The fraction of sp³-hybridized carbons (Fsp3) is 0.571. The van der Waals surface area contributed by atoms with Gasteiger partial charge in [0.25, 0.3) is 0 Å². The molecule has 0 spiro atoms. The van der Waals surface area contributed by atoms with Gasteiger partial charge < -0.3 is 5.73 Å². The first kappa shape index (κ1) is 11.6. The zero-order valence-corrected chi connectivity index (χ0v) is 10.3. The van der Waals surface area contributed by atoms with Gasteiger partial charge in [0.2, 0.25) is 0 Å². The van der Waals surface area contributed by atoms with Crippen molar-refractivity contribution in [3.63, 3.8) is 0 Å². The summed E-state index contributed by atoms with van der Waals surface area (Å²) in [7, 11) is 0. The summed E-state index contributed by atoms with van der Waals surface area (Å²) >= 11 is 0. The minimum absolute atomic E-state index is 0.0277. The Morgan fingerprint density at radius 3 is 2.31 bits per heavy atom. The van der Waals surface area contributed by atoms with Crippen molar-refractivity contribution in [3.8, 4) is 0 Å². The normalized spacial score (nSPS) is 20.6. The van der Waals surface area contributed by atoms with Crippen LogP contribution >= 0.6 is 0 Å². The van der Waals surface area contributed by atoms with E-state index in [9.17, 15) is 4.39 Å². The smallest absolute Gasteiger partial charge is 0.130 e. The first-order valence-electron chi connectivity index (χ1n) is 5.92. The second kappa shape index (κ2) is 3.56. The summed E-state index contributed by atoms with van der Waals surface area (Å²) in [6, 6.07) is 7.89. The minimum Gasteiger partial charge on any atom is -0.327 e. The largest absolute Gasteiger partial charge is 0.327 e. The Labute approximate surface area is 96.9 Å². The molecule has 0 aromatic heterocycles. The Morgan fingerprint density at radius 1 is 1.31 bits per heavy atom. The molecule has 16 heavy (non-hydrogen) atoms. The lowest BCUT2D eigenvalue weighted by molar-refractivity contribution is 0.218. The Kier molecular flexibility index (Phi) is 2.58. The summed E-state index contributed by atoms with van der Waals surface area (Å²) in [5.41, 5.74) is 6.70. The summed E-state index contributed by atoms with van der Waals surface area (Å²) in [6.07, 6.45) is 2.16. The maximum absolute atomic E-state index is 14.2. The Morgan fingerprint density at radius 2 is 1.88 bits per heavy atom. The topological polar surface area (TPSA) is 26.0 Å². The fourth-order valence-corrected chi connectivity index (χ4v) is 2.54. The van der Waals surface area contributed by atoms with Crippen molar-refractivity contribution in [1.82, 2.24) is 0 Å². The van der Waals surface area contributed by atoms with Crippen LogP contribution in [0, 0.1) is 0 Å². The van der Waals surface area contributed by atoms with Crippen molar-refractivity contribution in [1.29, 1.82) is 0 Å². The second-order valence-corrected chi connectivity index (χ2v) is 5.46. The van der Waals surface area contributed by atoms with E-state index in [2.05, 4.69) is 0 Å². The van der Waals surface area contributed by atoms with Gasteiger partial charge in [-0.1, -0.05) is 24.3 Å². The minimum atomic E-state index is -1.29. The molecule has 1 nitrogen and oxygen atoms in total. The Balaban J connectivity index is 2.50. The molecule has 0 saturated heterocycles. The standard InChI is InChI=1S/C14H20FN/c1-10(16)14(8-9-14)12-7-5-4-6-11(12)13(2,3)15/h4-7,10H,8-9,16H2,1-3H3. The van der Waals surface area contributed by atoms with Crippen molar-refractivity contribution in [2.24, 2.45) is 5.73 Å². The molecule has 88 valence electrons. The molecule has 2 N–H and O–H groups in total. The van der Waals surface area contributed by atoms with Crippen LogP contribution in [-0.4, -0.2) is 6.04 Å². The van der Waals surface area contributed by atoms with Gasteiger partial charge in [0.05, 0.1) is 0 Å². The van der Waals surface area contributed by atoms with E-state index in [-0.39, 0.29) is 11.5 Å². The van der Waals surface area contributed by atoms with Crippen LogP contribution in [0.3, 0.4) is 0 Å². The maximum atomic E-state index is 14.2. The van der Waals surface area contributed by atoms with Gasteiger partial charge >= 0.3 is 0 Å². The van der Waals surface area contributed by atoms with E-state index < -0.39 is 5.67 Å². The lowest BCUT2D eigenvalue weighted by Gasteiger charge is -2.27. The maximum Gasteiger partial charge on any atom is 0.130 e. The van der Waals surface area contributed by atoms with Crippen molar-refractivity contribution in [3.05, 3.63) is 35.4 Å². The number of hydrogen-bond acceptors (Lipinski definition) is 1. The number of halogens is 1. The molecule has 1 atom stereocenters. The number of nitrogens with two attached hydrogens (primary N) is 1. The quantitative estimate of drug-likeness (QED) is 0.833. The van der Waals surface area contributed by atoms with Gasteiger partial charge in [0, 0.05) is 11.5 Å². The fourth-order valence-electron chi connectivity index (χ4n) is 2.54. The third-order valence-electron chi connectivity index (χ3n) is 3.76. The van der Waals surface area contributed by atoms with Crippen LogP contribution in [0.1, 0.15) is 44.7 Å². The van der Waals surface area contributed by atoms with Crippen LogP contribution in [0.2, 0.25) is 0 Å². The van der Waals surface area contributed by atoms with Gasteiger partial charge in [-0.2, -0.15) is 0 Å². The summed E-state index contributed by atoms with van der Waals surface area (Å²) in [5, 5.41) is 0. The van der Waals surface area contributed by atoms with Crippen molar-refractivity contribution < 1.29 is 4.39 Å². The molecule has 1 unspecified atom stereocenters. The zero-order valence-electron chi connectivity index (χ0n) is 10.3. The molecule has 1 saturated carbocycles. The molecule has 2 heteroatoms. The second-order valence-electron chi connectivity index (χ2n) is 5.46. The van der Waals surface area contributed by atoms with Gasteiger partial charge in [0.15, 0.2) is 0 Å². The molecular weight excluding hydrogens is 201 g/mol. The highest BCUT2D eigenvalue weighted by Gasteiger charge is 2.49. The van der Waals surface area contributed by atoms with E-state index in [0.717, 1.165) is 24.0 Å². The predicted molar refractivity (Wildman–Crippen MR) is 65.1 cm³/mol. The van der Waals surface area contributed by atoms with Crippen LogP contribution in [-0.2, 0) is 11.1 Å². The number of alkyl halides is 1. The van der Waals surface area contributed by atoms with Gasteiger partial charge in [0.1, 0.15) is 5.67 Å². The molecule has 0 heterocycles. The van der Waals surface area contributed by atoms with Crippen molar-refractivity contribution >= 4 is 0 Å². The SMILES string of the molecule is CC(N)C1(c2ccccc2C(C)(C)F)CC1. The highest BCUT2D eigenvalue weighted by molar-refractivity contribution is 5.42. The van der Waals surface area contributed by atoms with E-state index in [1.807, 2.05) is 31.2 Å². The molecule has 0 radical (unpaired) electrons. The molecule has 1 fully saturated rings. The summed E-state index contributed by atoms with van der Waals surface area (Å²) in [5.74, 6) is 0. The van der Waals surface area contributed by atoms with Gasteiger partial charge in [-0.3, -0.25) is 0 Å². The number of hydrogen-bond donors (Lipinski definition) is 1. The molecule has 0 bridgehead atoms. The highest BCUT2D eigenvalue weighted by Crippen LogP contribution is 2.52. The Bertz CT molecular complexity index is 386. The lowest BCUT2D eigenvalue weighted by Crippen LogP contribution is -2.33. The molecule has 2 rings (SSSR count). The van der Waals surface area contributed by atoms with E-state index in [1.54, 1.807) is 13.8 Å². The molecule has 1 aliphatic rings. The van der Waals surface area contributed by atoms with E-state index in [1.165, 1.54) is 0 Å². The number of rotatable bonds is 3. The van der Waals surface area contributed by atoms with Gasteiger partial charge in [-0.05, 0) is 44.7 Å². The molecule has 1 aromatic rings. The van der Waals surface area contributed by atoms with Crippen LogP contribution in [0.25, 0.3) is 0 Å². The summed E-state index contributed by atoms with van der Waals surface area (Å²) < 4.78 is 14.2. The van der Waals surface area contributed by atoms with Crippen LogP contribution in [0.4, 0.5) is 4.39 Å². The molecular formula is C14H20FN. The third kappa shape index (κ3) is 1.75. The molecule has 1 aromatic carbocycles. The molecule has 1 aliphatic carbocycles. The summed E-state index contributed by atoms with van der Waals surface area (Å²) in [6.45, 7) is 5.25. The molecule has 0 amide bonds. The van der Waals surface area contributed by atoms with E-state index in [4.69, 9.17) is 5.73 Å². The van der Waals surface area contributed by atoms with Crippen LogP contribution in [0.15, 0.2) is 24.3 Å². The van der Waals surface area contributed by atoms with Crippen LogP contribution in [0.5, 0.6) is 0 Å². The zero-order chi connectivity index (χ0) is 12.0. The number of benzene rings is 1. The van der Waals surface area contributed by atoms with Crippen molar-refractivity contribution in [2.45, 2.75) is 50.7 Å².